The Labute approximate surface area is 118 Å². The molecular formula is C16H17NO3. The van der Waals surface area contributed by atoms with E-state index in [1.165, 1.54) is 7.11 Å². The maximum atomic E-state index is 12.0. The van der Waals surface area contributed by atoms with Crippen molar-refractivity contribution in [1.82, 2.24) is 0 Å². The third-order valence-corrected chi connectivity index (χ3v) is 2.98. The molecule has 0 saturated heterocycles. The Bertz CT molecular complexity index is 569. The fraction of sp³-hybridized carbons (Fsp3) is 0.188. The predicted molar refractivity (Wildman–Crippen MR) is 77.8 cm³/mol. The molecule has 0 aliphatic heterocycles. The Morgan fingerprint density at radius 1 is 1.00 bits per heavy atom. The van der Waals surface area contributed by atoms with Gasteiger partial charge in [-0.2, -0.15) is 0 Å². The zero-order chi connectivity index (χ0) is 14.4. The average molecular weight is 271 g/mol. The highest BCUT2D eigenvalue weighted by molar-refractivity contribution is 5.81. The van der Waals surface area contributed by atoms with E-state index >= 15 is 0 Å². The monoisotopic (exact) mass is 271 g/mol. The second-order valence-corrected chi connectivity index (χ2v) is 4.21. The van der Waals surface area contributed by atoms with Crippen LogP contribution in [0, 0.1) is 0 Å². The van der Waals surface area contributed by atoms with Gasteiger partial charge in [-0.1, -0.05) is 42.5 Å². The van der Waals surface area contributed by atoms with Crippen LogP contribution in [0.1, 0.15) is 11.6 Å². The van der Waals surface area contributed by atoms with Gasteiger partial charge in [0.15, 0.2) is 6.04 Å². The molecule has 2 aromatic rings. The van der Waals surface area contributed by atoms with Crippen LogP contribution in [0.15, 0.2) is 54.6 Å². The molecule has 0 bridgehead atoms. The summed E-state index contributed by atoms with van der Waals surface area (Å²) >= 11 is 0. The van der Waals surface area contributed by atoms with E-state index in [2.05, 4.69) is 5.32 Å². The van der Waals surface area contributed by atoms with Crippen molar-refractivity contribution in [2.24, 2.45) is 0 Å². The Balaban J connectivity index is 2.31. The number of benzene rings is 2. The molecule has 0 heterocycles. The Morgan fingerprint density at radius 3 is 2.30 bits per heavy atom. The number of methoxy groups -OCH3 is 2. The summed E-state index contributed by atoms with van der Waals surface area (Å²) in [4.78, 5) is 12.0. The zero-order valence-corrected chi connectivity index (χ0v) is 11.5. The van der Waals surface area contributed by atoms with Gasteiger partial charge in [0.1, 0.15) is 5.75 Å². The minimum absolute atomic E-state index is 0.345. The van der Waals surface area contributed by atoms with Crippen molar-refractivity contribution in [3.63, 3.8) is 0 Å². The summed E-state index contributed by atoms with van der Waals surface area (Å²) in [6, 6.07) is 16.3. The lowest BCUT2D eigenvalue weighted by Crippen LogP contribution is -2.22. The SMILES string of the molecule is COC(=O)[C@@H](Nc1ccccc1OC)c1ccccc1. The highest BCUT2D eigenvalue weighted by Crippen LogP contribution is 2.28. The van der Waals surface area contributed by atoms with Crippen LogP contribution < -0.4 is 10.1 Å². The quantitative estimate of drug-likeness (QED) is 0.849. The first-order valence-corrected chi connectivity index (χ1v) is 6.28. The number of nitrogens with one attached hydrogen (secondary N) is 1. The number of para-hydroxylation sites is 2. The lowest BCUT2D eigenvalue weighted by Gasteiger charge is -2.19. The largest absolute Gasteiger partial charge is 0.495 e. The number of carbonyl (C=O) groups excluding carboxylic acids is 1. The molecule has 20 heavy (non-hydrogen) atoms. The van der Waals surface area contributed by atoms with E-state index in [1.807, 2.05) is 54.6 Å². The summed E-state index contributed by atoms with van der Waals surface area (Å²) in [6.45, 7) is 0. The molecule has 0 fully saturated rings. The van der Waals surface area contributed by atoms with Gasteiger partial charge < -0.3 is 14.8 Å². The third-order valence-electron chi connectivity index (χ3n) is 2.98. The average Bonchev–Trinajstić information content (AvgIpc) is 2.53. The lowest BCUT2D eigenvalue weighted by atomic mass is 10.1. The first kappa shape index (κ1) is 13.9. The van der Waals surface area contributed by atoms with Gasteiger partial charge in [0.25, 0.3) is 0 Å². The molecule has 4 heteroatoms. The molecular weight excluding hydrogens is 254 g/mol. The van der Waals surface area contributed by atoms with E-state index in [0.717, 1.165) is 11.3 Å². The fourth-order valence-electron chi connectivity index (χ4n) is 1.96. The highest BCUT2D eigenvalue weighted by atomic mass is 16.5. The summed E-state index contributed by atoms with van der Waals surface area (Å²) in [5.74, 6) is 0.333. The van der Waals surface area contributed by atoms with Crippen molar-refractivity contribution >= 4 is 11.7 Å². The molecule has 4 nitrogen and oxygen atoms in total. The predicted octanol–water partition coefficient (Wildman–Crippen LogP) is 3.02. The van der Waals surface area contributed by atoms with Crippen molar-refractivity contribution in [2.75, 3.05) is 19.5 Å². The van der Waals surface area contributed by atoms with Crippen LogP contribution in [0.3, 0.4) is 0 Å². The number of hydrogen-bond donors (Lipinski definition) is 1. The van der Waals surface area contributed by atoms with Crippen LogP contribution in [0.5, 0.6) is 5.75 Å². The van der Waals surface area contributed by atoms with Crippen LogP contribution in [0.2, 0.25) is 0 Å². The normalized spacial score (nSPS) is 11.5. The van der Waals surface area contributed by atoms with Gasteiger partial charge in [0.05, 0.1) is 19.9 Å². The summed E-state index contributed by atoms with van der Waals surface area (Å²) in [6.07, 6.45) is 0. The van der Waals surface area contributed by atoms with Gasteiger partial charge in [0.2, 0.25) is 0 Å². The Hall–Kier alpha value is -2.49. The van der Waals surface area contributed by atoms with Gasteiger partial charge in [-0.15, -0.1) is 0 Å². The van der Waals surface area contributed by atoms with Crippen molar-refractivity contribution in [2.45, 2.75) is 6.04 Å². The summed E-state index contributed by atoms with van der Waals surface area (Å²) in [5.41, 5.74) is 1.58. The summed E-state index contributed by atoms with van der Waals surface area (Å²) < 4.78 is 10.2. The lowest BCUT2D eigenvalue weighted by molar-refractivity contribution is -0.141. The molecule has 0 aliphatic carbocycles. The van der Waals surface area contributed by atoms with E-state index in [-0.39, 0.29) is 5.97 Å². The van der Waals surface area contributed by atoms with E-state index in [0.29, 0.717) is 5.75 Å². The van der Waals surface area contributed by atoms with Crippen LogP contribution in [0.4, 0.5) is 5.69 Å². The van der Waals surface area contributed by atoms with Crippen LogP contribution in [-0.4, -0.2) is 20.2 Å². The van der Waals surface area contributed by atoms with Crippen LogP contribution in [0.25, 0.3) is 0 Å². The van der Waals surface area contributed by atoms with Gasteiger partial charge in [-0.05, 0) is 17.7 Å². The first-order chi connectivity index (χ1) is 9.76. The molecule has 0 saturated carbocycles. The summed E-state index contributed by atoms with van der Waals surface area (Å²) in [7, 11) is 2.97. The second kappa shape index (κ2) is 6.61. The molecule has 2 rings (SSSR count). The number of rotatable bonds is 5. The van der Waals surface area contributed by atoms with Crippen molar-refractivity contribution in [1.29, 1.82) is 0 Å². The minimum atomic E-state index is -0.572. The van der Waals surface area contributed by atoms with Crippen LogP contribution in [-0.2, 0) is 9.53 Å². The Kier molecular flexibility index (Phi) is 4.60. The first-order valence-electron chi connectivity index (χ1n) is 6.28. The topological polar surface area (TPSA) is 47.6 Å². The molecule has 0 aromatic heterocycles. The zero-order valence-electron chi connectivity index (χ0n) is 11.5. The van der Waals surface area contributed by atoms with Gasteiger partial charge in [-0.25, -0.2) is 4.79 Å². The van der Waals surface area contributed by atoms with E-state index in [1.54, 1.807) is 7.11 Å². The number of ether oxygens (including phenoxy) is 2. The van der Waals surface area contributed by atoms with Gasteiger partial charge in [0, 0.05) is 0 Å². The molecule has 1 N–H and O–H groups in total. The van der Waals surface area contributed by atoms with Gasteiger partial charge in [-0.3, -0.25) is 0 Å². The molecule has 0 spiro atoms. The van der Waals surface area contributed by atoms with Crippen molar-refractivity contribution in [3.8, 4) is 5.75 Å². The maximum Gasteiger partial charge on any atom is 0.332 e. The molecule has 0 radical (unpaired) electrons. The van der Waals surface area contributed by atoms with Crippen LogP contribution >= 0.6 is 0 Å². The van der Waals surface area contributed by atoms with Crippen molar-refractivity contribution < 1.29 is 14.3 Å². The number of esters is 1. The summed E-state index contributed by atoms with van der Waals surface area (Å²) in [5, 5.41) is 3.17. The van der Waals surface area contributed by atoms with Crippen molar-refractivity contribution in [3.05, 3.63) is 60.2 Å². The molecule has 0 unspecified atom stereocenters. The molecule has 0 aliphatic rings. The van der Waals surface area contributed by atoms with E-state index in [4.69, 9.17) is 9.47 Å². The number of carbonyl (C=O) groups is 1. The number of anilines is 1. The smallest absolute Gasteiger partial charge is 0.332 e. The molecule has 0 amide bonds. The second-order valence-electron chi connectivity index (χ2n) is 4.21. The minimum Gasteiger partial charge on any atom is -0.495 e. The maximum absolute atomic E-state index is 12.0. The molecule has 1 atom stereocenters. The molecule has 2 aromatic carbocycles. The van der Waals surface area contributed by atoms with E-state index in [9.17, 15) is 4.79 Å². The Morgan fingerprint density at radius 2 is 1.65 bits per heavy atom. The third kappa shape index (κ3) is 3.09. The standard InChI is InChI=1S/C16H17NO3/c1-19-14-11-7-6-10-13(14)17-15(16(18)20-2)12-8-4-3-5-9-12/h3-11,15,17H,1-2H3/t15-/m0/s1. The van der Waals surface area contributed by atoms with E-state index < -0.39 is 6.04 Å². The highest BCUT2D eigenvalue weighted by Gasteiger charge is 2.22. The molecule has 104 valence electrons. The number of hydrogen-bond acceptors (Lipinski definition) is 4. The fourth-order valence-corrected chi connectivity index (χ4v) is 1.96. The van der Waals surface area contributed by atoms with Gasteiger partial charge >= 0.3 is 5.97 Å².